The number of aldehydes is 2. The van der Waals surface area contributed by atoms with Crippen molar-refractivity contribution in [1.82, 2.24) is 0 Å². The minimum Gasteiger partial charge on any atom is -0.508 e. The Morgan fingerprint density at radius 3 is 1.35 bits per heavy atom. The number of rotatable bonds is 6. The fourth-order valence-electron chi connectivity index (χ4n) is 4.57. The molecule has 26 heavy (non-hydrogen) atoms. The number of hydrogen-bond donors (Lipinski definition) is 4. The molecule has 0 aliphatic heterocycles. The van der Waals surface area contributed by atoms with Crippen LogP contribution in [0, 0.1) is 10.8 Å². The first kappa shape index (κ1) is 18.1. The van der Waals surface area contributed by atoms with E-state index in [-0.39, 0.29) is 11.5 Å². The molecule has 4 N–H and O–H groups in total. The summed E-state index contributed by atoms with van der Waals surface area (Å²) in [6.07, 6.45) is 1.11. The number of carbonyl (C=O) groups excluding carboxylic acids is 2. The van der Waals surface area contributed by atoms with Crippen LogP contribution in [0.25, 0.3) is 0 Å². The van der Waals surface area contributed by atoms with Gasteiger partial charge >= 0.3 is 0 Å². The highest BCUT2D eigenvalue weighted by Crippen LogP contribution is 2.72. The molecule has 136 valence electrons. The van der Waals surface area contributed by atoms with E-state index in [0.29, 0.717) is 23.7 Å². The van der Waals surface area contributed by atoms with Crippen LogP contribution >= 0.6 is 0 Å². The van der Waals surface area contributed by atoms with Crippen LogP contribution in [0.4, 0.5) is 0 Å². The third-order valence-corrected chi connectivity index (χ3v) is 5.63. The van der Waals surface area contributed by atoms with Crippen LogP contribution in [0.2, 0.25) is 0 Å². The molecule has 0 amide bonds. The van der Waals surface area contributed by atoms with E-state index in [1.54, 1.807) is 36.4 Å². The molecule has 0 spiro atoms. The summed E-state index contributed by atoms with van der Waals surface area (Å²) < 4.78 is 0. The largest absolute Gasteiger partial charge is 0.508 e. The summed E-state index contributed by atoms with van der Waals surface area (Å²) in [5, 5.41) is 40.7. The van der Waals surface area contributed by atoms with Crippen LogP contribution in [0.1, 0.15) is 23.0 Å². The maximum Gasteiger partial charge on any atom is 0.129 e. The number of benzene rings is 2. The van der Waals surface area contributed by atoms with Crippen molar-refractivity contribution in [3.63, 3.8) is 0 Å². The quantitative estimate of drug-likeness (QED) is 0.581. The third kappa shape index (κ3) is 2.19. The third-order valence-electron chi connectivity index (χ3n) is 5.63. The second-order valence-electron chi connectivity index (χ2n) is 6.76. The zero-order valence-corrected chi connectivity index (χ0v) is 13.9. The van der Waals surface area contributed by atoms with E-state index in [9.17, 15) is 30.0 Å². The van der Waals surface area contributed by atoms with Gasteiger partial charge in [-0.15, -0.1) is 0 Å². The lowest BCUT2D eigenvalue weighted by Gasteiger charge is -2.63. The summed E-state index contributed by atoms with van der Waals surface area (Å²) in [5.74, 6) is -2.14. The summed E-state index contributed by atoms with van der Waals surface area (Å²) in [7, 11) is 0. The van der Waals surface area contributed by atoms with Crippen molar-refractivity contribution < 1.29 is 30.0 Å². The molecule has 3 rings (SSSR count). The summed E-state index contributed by atoms with van der Waals surface area (Å²) in [6.45, 7) is -1.21. The fourth-order valence-corrected chi connectivity index (χ4v) is 4.57. The molecule has 6 nitrogen and oxygen atoms in total. The Labute approximate surface area is 150 Å². The molecule has 0 bridgehead atoms. The number of carbonyl (C=O) groups is 2. The Hall–Kier alpha value is -2.70. The minimum atomic E-state index is -1.47. The van der Waals surface area contributed by atoms with Crippen molar-refractivity contribution in [1.29, 1.82) is 0 Å². The van der Waals surface area contributed by atoms with E-state index < -0.39 is 35.9 Å². The molecule has 2 aromatic carbocycles. The standard InChI is InChI=1S/C20H20O6/c21-9-19(10-22)17(13-5-1-3-7-15(13)25)20(11-23,12-24)18(19)14-6-2-4-8-16(14)26/h1-9,11,17-18,22,24-26H,10,12H2. The number of aromatic hydroxyl groups is 2. The Kier molecular flexibility index (Phi) is 4.56. The average molecular weight is 356 g/mol. The van der Waals surface area contributed by atoms with Crippen molar-refractivity contribution >= 4 is 12.6 Å². The number of phenols is 2. The number of aliphatic hydroxyl groups is 2. The fraction of sp³-hybridized carbons (Fsp3) is 0.300. The smallest absolute Gasteiger partial charge is 0.129 e. The van der Waals surface area contributed by atoms with Gasteiger partial charge in [0.25, 0.3) is 0 Å². The highest BCUT2D eigenvalue weighted by molar-refractivity contribution is 5.80. The van der Waals surface area contributed by atoms with E-state index in [0.717, 1.165) is 0 Å². The van der Waals surface area contributed by atoms with Crippen LogP contribution in [0.3, 0.4) is 0 Å². The lowest BCUT2D eigenvalue weighted by Crippen LogP contribution is -2.66. The maximum absolute atomic E-state index is 12.1. The maximum atomic E-state index is 12.1. The molecule has 2 aromatic rings. The molecule has 1 aliphatic rings. The van der Waals surface area contributed by atoms with Gasteiger partial charge in [-0.1, -0.05) is 36.4 Å². The topological polar surface area (TPSA) is 115 Å². The molecule has 0 aromatic heterocycles. The van der Waals surface area contributed by atoms with Gasteiger partial charge in [-0.25, -0.2) is 0 Å². The number of phenolic OH excluding ortho intramolecular Hbond substituents is 2. The van der Waals surface area contributed by atoms with E-state index in [2.05, 4.69) is 0 Å². The predicted molar refractivity (Wildman–Crippen MR) is 92.9 cm³/mol. The molecule has 0 radical (unpaired) electrons. The molecule has 0 saturated heterocycles. The van der Waals surface area contributed by atoms with E-state index >= 15 is 0 Å². The lowest BCUT2D eigenvalue weighted by atomic mass is 9.37. The molecule has 0 heterocycles. The first-order chi connectivity index (χ1) is 12.5. The van der Waals surface area contributed by atoms with Crippen LogP contribution in [-0.2, 0) is 9.59 Å². The van der Waals surface area contributed by atoms with Crippen molar-refractivity contribution in [2.75, 3.05) is 13.2 Å². The summed E-state index contributed by atoms with van der Waals surface area (Å²) in [4.78, 5) is 24.3. The highest BCUT2D eigenvalue weighted by Gasteiger charge is 2.72. The van der Waals surface area contributed by atoms with Crippen molar-refractivity contribution in [2.24, 2.45) is 10.8 Å². The second kappa shape index (κ2) is 6.55. The Morgan fingerprint density at radius 2 is 1.08 bits per heavy atom. The predicted octanol–water partition coefficient (Wildman–Crippen LogP) is 1.33. The molecular weight excluding hydrogens is 336 g/mol. The van der Waals surface area contributed by atoms with Gasteiger partial charge in [0.05, 0.1) is 24.0 Å². The van der Waals surface area contributed by atoms with Crippen LogP contribution < -0.4 is 0 Å². The van der Waals surface area contributed by atoms with E-state index in [4.69, 9.17) is 0 Å². The first-order valence-corrected chi connectivity index (χ1v) is 8.22. The summed E-state index contributed by atoms with van der Waals surface area (Å²) >= 11 is 0. The van der Waals surface area contributed by atoms with Gasteiger partial charge in [-0.3, -0.25) is 0 Å². The molecule has 1 aliphatic carbocycles. The Balaban J connectivity index is 2.28. The van der Waals surface area contributed by atoms with Crippen LogP contribution in [0.15, 0.2) is 48.5 Å². The Morgan fingerprint density at radius 1 is 0.731 bits per heavy atom. The Bertz CT molecular complexity index is 753. The van der Waals surface area contributed by atoms with Gasteiger partial charge < -0.3 is 30.0 Å². The van der Waals surface area contributed by atoms with Gasteiger partial charge in [-0.05, 0) is 23.3 Å². The molecule has 1 fully saturated rings. The van der Waals surface area contributed by atoms with Gasteiger partial charge in [-0.2, -0.15) is 0 Å². The van der Waals surface area contributed by atoms with Crippen molar-refractivity contribution in [2.45, 2.75) is 11.8 Å². The van der Waals surface area contributed by atoms with Gasteiger partial charge in [0.15, 0.2) is 0 Å². The van der Waals surface area contributed by atoms with Crippen LogP contribution in [-0.4, -0.2) is 46.2 Å². The molecule has 0 atom stereocenters. The number of aliphatic hydroxyl groups excluding tert-OH is 2. The normalized spacial score (nSPS) is 30.4. The zero-order valence-electron chi connectivity index (χ0n) is 13.9. The number of para-hydroxylation sites is 2. The van der Waals surface area contributed by atoms with E-state index in [1.165, 1.54) is 12.1 Å². The minimum absolute atomic E-state index is 0.132. The summed E-state index contributed by atoms with van der Waals surface area (Å²) in [6, 6.07) is 12.4. The van der Waals surface area contributed by atoms with Gasteiger partial charge in [0.1, 0.15) is 24.1 Å². The average Bonchev–Trinajstić information content (AvgIpc) is 2.66. The zero-order chi connectivity index (χ0) is 18.9. The molecule has 0 unspecified atom stereocenters. The van der Waals surface area contributed by atoms with Gasteiger partial charge in [0.2, 0.25) is 0 Å². The molecule has 1 saturated carbocycles. The van der Waals surface area contributed by atoms with Crippen molar-refractivity contribution in [3.8, 4) is 11.5 Å². The van der Waals surface area contributed by atoms with Crippen molar-refractivity contribution in [3.05, 3.63) is 59.7 Å². The van der Waals surface area contributed by atoms with Crippen LogP contribution in [0.5, 0.6) is 11.5 Å². The highest BCUT2D eigenvalue weighted by atomic mass is 16.3. The van der Waals surface area contributed by atoms with E-state index in [1.807, 2.05) is 0 Å². The first-order valence-electron chi connectivity index (χ1n) is 8.22. The number of hydrogen-bond acceptors (Lipinski definition) is 6. The molecular formula is C20H20O6. The SMILES string of the molecule is O=CC1(CO)C(c2ccccc2O)C(C=O)(CO)C1c1ccccc1O. The second-order valence-corrected chi connectivity index (χ2v) is 6.76. The monoisotopic (exact) mass is 356 g/mol. The van der Waals surface area contributed by atoms with Gasteiger partial charge in [0, 0.05) is 11.8 Å². The lowest BCUT2D eigenvalue weighted by molar-refractivity contribution is -0.169. The molecule has 6 heteroatoms. The summed E-state index contributed by atoms with van der Waals surface area (Å²) in [5.41, 5.74) is -2.36.